The predicted octanol–water partition coefficient (Wildman–Crippen LogP) is 5.50. The van der Waals surface area contributed by atoms with Gasteiger partial charge in [0.2, 0.25) is 0 Å². The van der Waals surface area contributed by atoms with Gasteiger partial charge in [0.25, 0.3) is 11.8 Å². The lowest BCUT2D eigenvalue weighted by atomic mass is 10.1. The Morgan fingerprint density at radius 2 is 1.74 bits per heavy atom. The number of carbonyl (C=O) groups excluding carboxylic acids is 2. The molecule has 6 nitrogen and oxygen atoms in total. The minimum Gasteiger partial charge on any atom is -0.490 e. The standard InChI is InChI=1S/C27H30N2O4S/c1-5-32-24-14-13-20(16-25(24)33-6-2)19(4)28-27(31)23(17-21-11-9-15-34-21)29-26(30)22-12-8-7-10-18(22)3/h7-17,19H,5-6H2,1-4H3,(H,28,31)(H,29,30)/b23-17-/t19-/m1/s1. The number of thiophene rings is 1. The minimum absolute atomic E-state index is 0.179. The third kappa shape index (κ3) is 6.48. The summed E-state index contributed by atoms with van der Waals surface area (Å²) in [6, 6.07) is 16.3. The quantitative estimate of drug-likeness (QED) is 0.377. The van der Waals surface area contributed by atoms with Crippen LogP contribution in [0, 0.1) is 6.92 Å². The highest BCUT2D eigenvalue weighted by molar-refractivity contribution is 7.10. The molecule has 0 saturated carbocycles. The van der Waals surface area contributed by atoms with Crippen LogP contribution in [-0.2, 0) is 4.79 Å². The van der Waals surface area contributed by atoms with E-state index >= 15 is 0 Å². The highest BCUT2D eigenvalue weighted by Gasteiger charge is 2.19. The molecule has 0 aliphatic heterocycles. The molecule has 3 aromatic rings. The van der Waals surface area contributed by atoms with Crippen LogP contribution < -0.4 is 20.1 Å². The van der Waals surface area contributed by atoms with Gasteiger partial charge in [0.1, 0.15) is 5.70 Å². The fourth-order valence-electron chi connectivity index (χ4n) is 3.39. The Hall–Kier alpha value is -3.58. The Morgan fingerprint density at radius 3 is 2.41 bits per heavy atom. The second kappa shape index (κ2) is 12.0. The maximum atomic E-state index is 13.2. The molecular weight excluding hydrogens is 448 g/mol. The summed E-state index contributed by atoms with van der Waals surface area (Å²) in [6.07, 6.45) is 1.69. The molecule has 7 heteroatoms. The lowest BCUT2D eigenvalue weighted by Crippen LogP contribution is -2.36. The predicted molar refractivity (Wildman–Crippen MR) is 136 cm³/mol. The van der Waals surface area contributed by atoms with Gasteiger partial charge in [-0.3, -0.25) is 9.59 Å². The van der Waals surface area contributed by atoms with Crippen LogP contribution in [-0.4, -0.2) is 25.0 Å². The van der Waals surface area contributed by atoms with Crippen molar-refractivity contribution in [2.75, 3.05) is 13.2 Å². The van der Waals surface area contributed by atoms with Crippen LogP contribution in [0.15, 0.2) is 65.7 Å². The molecule has 34 heavy (non-hydrogen) atoms. The van der Waals surface area contributed by atoms with Gasteiger partial charge in [-0.25, -0.2) is 0 Å². The number of nitrogens with one attached hydrogen (secondary N) is 2. The molecule has 0 aliphatic carbocycles. The average Bonchev–Trinajstić information content (AvgIpc) is 3.33. The molecule has 2 aromatic carbocycles. The van der Waals surface area contributed by atoms with Gasteiger partial charge in [-0.1, -0.05) is 30.3 Å². The molecule has 0 unspecified atom stereocenters. The van der Waals surface area contributed by atoms with Gasteiger partial charge < -0.3 is 20.1 Å². The molecule has 0 saturated heterocycles. The smallest absolute Gasteiger partial charge is 0.268 e. The molecule has 1 atom stereocenters. The third-order valence-electron chi connectivity index (χ3n) is 5.13. The Kier molecular flexibility index (Phi) is 8.87. The van der Waals surface area contributed by atoms with Gasteiger partial charge in [0, 0.05) is 10.4 Å². The van der Waals surface area contributed by atoms with Crippen molar-refractivity contribution in [3.05, 3.63) is 87.2 Å². The van der Waals surface area contributed by atoms with Crippen molar-refractivity contribution < 1.29 is 19.1 Å². The van der Waals surface area contributed by atoms with Crippen molar-refractivity contribution >= 4 is 29.2 Å². The van der Waals surface area contributed by atoms with E-state index in [1.54, 1.807) is 18.2 Å². The lowest BCUT2D eigenvalue weighted by molar-refractivity contribution is -0.118. The van der Waals surface area contributed by atoms with Crippen LogP contribution in [0.4, 0.5) is 0 Å². The normalized spacial score (nSPS) is 12.1. The first-order chi connectivity index (χ1) is 16.4. The fourth-order valence-corrected chi connectivity index (χ4v) is 4.04. The Morgan fingerprint density at radius 1 is 1.00 bits per heavy atom. The van der Waals surface area contributed by atoms with E-state index in [4.69, 9.17) is 9.47 Å². The summed E-state index contributed by atoms with van der Waals surface area (Å²) < 4.78 is 11.3. The summed E-state index contributed by atoms with van der Waals surface area (Å²) in [5, 5.41) is 7.70. The van der Waals surface area contributed by atoms with E-state index < -0.39 is 0 Å². The fraction of sp³-hybridized carbons (Fsp3) is 0.259. The topological polar surface area (TPSA) is 76.7 Å². The van der Waals surface area contributed by atoms with Crippen LogP contribution in [0.2, 0.25) is 0 Å². The Bertz CT molecular complexity index is 1160. The van der Waals surface area contributed by atoms with E-state index in [0.717, 1.165) is 16.0 Å². The largest absolute Gasteiger partial charge is 0.490 e. The van der Waals surface area contributed by atoms with Crippen molar-refractivity contribution in [1.29, 1.82) is 0 Å². The number of benzene rings is 2. The van der Waals surface area contributed by atoms with E-state index in [0.29, 0.717) is 30.3 Å². The maximum Gasteiger partial charge on any atom is 0.268 e. The maximum absolute atomic E-state index is 13.2. The van der Waals surface area contributed by atoms with Gasteiger partial charge in [0.15, 0.2) is 11.5 Å². The van der Waals surface area contributed by atoms with Crippen molar-refractivity contribution in [3.63, 3.8) is 0 Å². The van der Waals surface area contributed by atoms with Gasteiger partial charge in [-0.2, -0.15) is 0 Å². The molecule has 0 spiro atoms. The monoisotopic (exact) mass is 478 g/mol. The zero-order valence-electron chi connectivity index (χ0n) is 19.9. The molecular formula is C27H30N2O4S. The molecule has 1 aromatic heterocycles. The first-order valence-electron chi connectivity index (χ1n) is 11.3. The molecule has 2 N–H and O–H groups in total. The number of ether oxygens (including phenoxy) is 2. The highest BCUT2D eigenvalue weighted by Crippen LogP contribution is 2.31. The van der Waals surface area contributed by atoms with E-state index in [-0.39, 0.29) is 23.6 Å². The van der Waals surface area contributed by atoms with Crippen LogP contribution in [0.1, 0.15) is 53.2 Å². The van der Waals surface area contributed by atoms with Crippen molar-refractivity contribution in [2.24, 2.45) is 0 Å². The number of aryl methyl sites for hydroxylation is 1. The summed E-state index contributed by atoms with van der Waals surface area (Å²) in [5.41, 5.74) is 2.40. The summed E-state index contributed by atoms with van der Waals surface area (Å²) in [5.74, 6) is 0.582. The van der Waals surface area contributed by atoms with Gasteiger partial charge in [0.05, 0.1) is 19.3 Å². The van der Waals surface area contributed by atoms with Crippen LogP contribution in [0.25, 0.3) is 6.08 Å². The van der Waals surface area contributed by atoms with E-state index in [1.807, 2.05) is 75.5 Å². The number of rotatable bonds is 10. The van der Waals surface area contributed by atoms with Gasteiger partial charge in [-0.15, -0.1) is 11.3 Å². The highest BCUT2D eigenvalue weighted by atomic mass is 32.1. The first kappa shape index (κ1) is 25.1. The van der Waals surface area contributed by atoms with Gasteiger partial charge in [-0.05, 0) is 74.5 Å². The summed E-state index contributed by atoms with van der Waals surface area (Å²) in [7, 11) is 0. The number of hydrogen-bond acceptors (Lipinski definition) is 5. The van der Waals surface area contributed by atoms with E-state index in [9.17, 15) is 9.59 Å². The first-order valence-corrected chi connectivity index (χ1v) is 12.1. The molecule has 3 rings (SSSR count). The average molecular weight is 479 g/mol. The second-order valence-corrected chi connectivity index (χ2v) is 8.59. The van der Waals surface area contributed by atoms with Crippen LogP contribution in [0.5, 0.6) is 11.5 Å². The van der Waals surface area contributed by atoms with E-state index in [2.05, 4.69) is 10.6 Å². The van der Waals surface area contributed by atoms with Crippen molar-refractivity contribution in [1.82, 2.24) is 10.6 Å². The summed E-state index contributed by atoms with van der Waals surface area (Å²) >= 11 is 1.49. The Labute approximate surface area is 204 Å². The molecule has 0 fully saturated rings. The molecule has 178 valence electrons. The third-order valence-corrected chi connectivity index (χ3v) is 5.95. The lowest BCUT2D eigenvalue weighted by Gasteiger charge is -2.19. The van der Waals surface area contributed by atoms with Crippen molar-refractivity contribution in [3.8, 4) is 11.5 Å². The Balaban J connectivity index is 1.82. The van der Waals surface area contributed by atoms with Crippen LogP contribution >= 0.6 is 11.3 Å². The SMILES string of the molecule is CCOc1ccc([C@@H](C)NC(=O)/C(=C/c2cccs2)NC(=O)c2ccccc2C)cc1OCC. The summed E-state index contributed by atoms with van der Waals surface area (Å²) in [6.45, 7) is 8.61. The molecule has 1 heterocycles. The molecule has 0 aliphatic rings. The number of carbonyl (C=O) groups is 2. The number of hydrogen-bond donors (Lipinski definition) is 2. The van der Waals surface area contributed by atoms with Crippen LogP contribution in [0.3, 0.4) is 0 Å². The zero-order valence-corrected chi connectivity index (χ0v) is 20.7. The number of amides is 2. The van der Waals surface area contributed by atoms with Gasteiger partial charge >= 0.3 is 0 Å². The zero-order chi connectivity index (χ0) is 24.5. The van der Waals surface area contributed by atoms with Crippen molar-refractivity contribution in [2.45, 2.75) is 33.7 Å². The van der Waals surface area contributed by atoms with E-state index in [1.165, 1.54) is 11.3 Å². The molecule has 2 amide bonds. The molecule has 0 bridgehead atoms. The minimum atomic E-state index is -0.380. The summed E-state index contributed by atoms with van der Waals surface area (Å²) in [4.78, 5) is 27.0. The molecule has 0 radical (unpaired) electrons. The second-order valence-electron chi connectivity index (χ2n) is 7.61.